The number of methoxy groups -OCH3 is 1. The Hall–Kier alpha value is -3.02. The quantitative estimate of drug-likeness (QED) is 0.782. The van der Waals surface area contributed by atoms with Crippen LogP contribution in [0.25, 0.3) is 0 Å². The Kier molecular flexibility index (Phi) is 6.39. The number of amides is 1. The molecular formula is C19H21NO5. The number of ether oxygens (including phenoxy) is 3. The number of carbonyl (C=O) groups excluding carboxylic acids is 2. The molecule has 0 spiro atoms. The Morgan fingerprint density at radius 3 is 2.24 bits per heavy atom. The summed E-state index contributed by atoms with van der Waals surface area (Å²) in [6.07, 6.45) is -1.80. The molecule has 0 bridgehead atoms. The molecule has 0 aliphatic rings. The number of rotatable bonds is 7. The minimum atomic E-state index is -0.973. The molecule has 0 fully saturated rings. The van der Waals surface area contributed by atoms with Crippen LogP contribution in [0.4, 0.5) is 5.69 Å². The molecule has 1 N–H and O–H groups in total. The molecule has 2 atom stereocenters. The first-order valence-corrected chi connectivity index (χ1v) is 7.87. The van der Waals surface area contributed by atoms with Crippen molar-refractivity contribution in [3.05, 3.63) is 54.6 Å². The molecule has 0 saturated heterocycles. The third-order valence-electron chi connectivity index (χ3n) is 3.41. The van der Waals surface area contributed by atoms with Gasteiger partial charge in [0.1, 0.15) is 11.5 Å². The smallest absolute Gasteiger partial charge is 0.347 e. The van der Waals surface area contributed by atoms with Crippen LogP contribution in [0, 0.1) is 0 Å². The highest BCUT2D eigenvalue weighted by Gasteiger charge is 2.23. The predicted octanol–water partition coefficient (Wildman–Crippen LogP) is 3.03. The lowest BCUT2D eigenvalue weighted by molar-refractivity contribution is -0.159. The third-order valence-corrected chi connectivity index (χ3v) is 3.41. The van der Waals surface area contributed by atoms with E-state index < -0.39 is 24.1 Å². The van der Waals surface area contributed by atoms with E-state index in [1.807, 2.05) is 6.07 Å². The Morgan fingerprint density at radius 2 is 1.56 bits per heavy atom. The molecule has 2 rings (SSSR count). The van der Waals surface area contributed by atoms with Gasteiger partial charge in [-0.1, -0.05) is 30.3 Å². The maximum Gasteiger partial charge on any atom is 0.347 e. The van der Waals surface area contributed by atoms with Crippen molar-refractivity contribution in [2.45, 2.75) is 26.1 Å². The lowest BCUT2D eigenvalue weighted by Crippen LogP contribution is -2.35. The first-order valence-electron chi connectivity index (χ1n) is 7.87. The molecule has 6 heteroatoms. The summed E-state index contributed by atoms with van der Waals surface area (Å²) in [6, 6.07) is 15.9. The molecule has 6 nitrogen and oxygen atoms in total. The number of nitrogens with one attached hydrogen (secondary N) is 1. The second-order valence-corrected chi connectivity index (χ2v) is 5.34. The van der Waals surface area contributed by atoms with Crippen molar-refractivity contribution in [2.24, 2.45) is 0 Å². The fourth-order valence-corrected chi connectivity index (χ4v) is 2.06. The SMILES string of the molecule is COc1ccccc1NC(=O)[C@H](C)OC(=O)[C@H](C)Oc1ccccc1. The van der Waals surface area contributed by atoms with Crippen molar-refractivity contribution in [3.63, 3.8) is 0 Å². The average molecular weight is 343 g/mol. The van der Waals surface area contributed by atoms with E-state index in [1.54, 1.807) is 55.5 Å². The van der Waals surface area contributed by atoms with E-state index in [0.717, 1.165) is 0 Å². The van der Waals surface area contributed by atoms with Crippen LogP contribution < -0.4 is 14.8 Å². The van der Waals surface area contributed by atoms with Crippen LogP contribution in [-0.4, -0.2) is 31.2 Å². The topological polar surface area (TPSA) is 73.9 Å². The van der Waals surface area contributed by atoms with Crippen LogP contribution >= 0.6 is 0 Å². The summed E-state index contributed by atoms with van der Waals surface area (Å²) < 4.78 is 15.8. The molecule has 0 heterocycles. The van der Waals surface area contributed by atoms with E-state index in [9.17, 15) is 9.59 Å². The van der Waals surface area contributed by atoms with E-state index in [4.69, 9.17) is 14.2 Å². The van der Waals surface area contributed by atoms with Crippen LogP contribution in [0.15, 0.2) is 54.6 Å². The minimum Gasteiger partial charge on any atom is -0.495 e. The van der Waals surface area contributed by atoms with Gasteiger partial charge in [-0.05, 0) is 38.1 Å². The molecule has 132 valence electrons. The first kappa shape index (κ1) is 18.3. The minimum absolute atomic E-state index is 0.454. The van der Waals surface area contributed by atoms with Gasteiger partial charge in [0.2, 0.25) is 0 Å². The van der Waals surface area contributed by atoms with Crippen molar-refractivity contribution in [3.8, 4) is 11.5 Å². The third kappa shape index (κ3) is 5.24. The number of esters is 1. The predicted molar refractivity (Wildman–Crippen MR) is 93.7 cm³/mol. The maximum absolute atomic E-state index is 12.2. The van der Waals surface area contributed by atoms with Gasteiger partial charge in [0, 0.05) is 0 Å². The summed E-state index contributed by atoms with van der Waals surface area (Å²) in [5, 5.41) is 2.67. The lowest BCUT2D eigenvalue weighted by Gasteiger charge is -2.18. The zero-order valence-electron chi connectivity index (χ0n) is 14.4. The van der Waals surface area contributed by atoms with Crippen molar-refractivity contribution in [1.29, 1.82) is 0 Å². The average Bonchev–Trinajstić information content (AvgIpc) is 2.62. The number of benzene rings is 2. The Bertz CT molecular complexity index is 717. The monoisotopic (exact) mass is 343 g/mol. The Morgan fingerprint density at radius 1 is 0.920 bits per heavy atom. The molecule has 1 amide bonds. The highest BCUT2D eigenvalue weighted by atomic mass is 16.6. The van der Waals surface area contributed by atoms with Crippen LogP contribution in [0.5, 0.6) is 11.5 Å². The van der Waals surface area contributed by atoms with Crippen LogP contribution in [-0.2, 0) is 14.3 Å². The van der Waals surface area contributed by atoms with Gasteiger partial charge in [-0.2, -0.15) is 0 Å². The van der Waals surface area contributed by atoms with Crippen LogP contribution in [0.3, 0.4) is 0 Å². The molecule has 0 radical (unpaired) electrons. The largest absolute Gasteiger partial charge is 0.495 e. The van der Waals surface area contributed by atoms with Gasteiger partial charge in [0.05, 0.1) is 12.8 Å². The number of para-hydroxylation sites is 3. The summed E-state index contributed by atoms with van der Waals surface area (Å²) in [4.78, 5) is 24.3. The second kappa shape index (κ2) is 8.73. The summed E-state index contributed by atoms with van der Waals surface area (Å²) >= 11 is 0. The van der Waals surface area contributed by atoms with Crippen molar-refractivity contribution < 1.29 is 23.8 Å². The summed E-state index contributed by atoms with van der Waals surface area (Å²) in [5.41, 5.74) is 0.506. The maximum atomic E-state index is 12.2. The standard InChI is InChI=1S/C19H21NO5/c1-13(18(21)20-16-11-7-8-12-17(16)23-3)25-19(22)14(2)24-15-9-5-4-6-10-15/h4-14H,1-3H3,(H,20,21)/t13-,14-/m0/s1. The summed E-state index contributed by atoms with van der Waals surface area (Å²) in [6.45, 7) is 3.07. The second-order valence-electron chi connectivity index (χ2n) is 5.34. The zero-order valence-corrected chi connectivity index (χ0v) is 14.4. The first-order chi connectivity index (χ1) is 12.0. The van der Waals surface area contributed by atoms with Gasteiger partial charge >= 0.3 is 5.97 Å². The van der Waals surface area contributed by atoms with Gasteiger partial charge in [-0.3, -0.25) is 4.79 Å². The Balaban J connectivity index is 1.90. The highest BCUT2D eigenvalue weighted by Crippen LogP contribution is 2.23. The zero-order chi connectivity index (χ0) is 18.2. The van der Waals surface area contributed by atoms with E-state index in [2.05, 4.69) is 5.32 Å². The van der Waals surface area contributed by atoms with Crippen molar-refractivity contribution in [1.82, 2.24) is 0 Å². The summed E-state index contributed by atoms with van der Waals surface area (Å²) in [5.74, 6) is 0.00419. The van der Waals surface area contributed by atoms with Crippen LogP contribution in [0.1, 0.15) is 13.8 Å². The molecular weight excluding hydrogens is 322 g/mol. The summed E-state index contributed by atoms with van der Waals surface area (Å²) in [7, 11) is 1.51. The lowest BCUT2D eigenvalue weighted by atomic mass is 10.2. The fourth-order valence-electron chi connectivity index (χ4n) is 2.06. The molecule has 0 aliphatic heterocycles. The number of hydrogen-bond donors (Lipinski definition) is 1. The normalized spacial score (nSPS) is 12.6. The molecule has 0 unspecified atom stereocenters. The van der Waals surface area contributed by atoms with E-state index in [1.165, 1.54) is 14.0 Å². The van der Waals surface area contributed by atoms with E-state index >= 15 is 0 Å². The fraction of sp³-hybridized carbons (Fsp3) is 0.263. The van der Waals surface area contributed by atoms with Gasteiger partial charge in [-0.25, -0.2) is 4.79 Å². The molecule has 25 heavy (non-hydrogen) atoms. The van der Waals surface area contributed by atoms with Crippen molar-refractivity contribution in [2.75, 3.05) is 12.4 Å². The van der Waals surface area contributed by atoms with Gasteiger partial charge < -0.3 is 19.5 Å². The number of anilines is 1. The highest BCUT2D eigenvalue weighted by molar-refractivity contribution is 5.96. The molecule has 0 aromatic heterocycles. The van der Waals surface area contributed by atoms with E-state index in [0.29, 0.717) is 17.2 Å². The van der Waals surface area contributed by atoms with Crippen LogP contribution in [0.2, 0.25) is 0 Å². The Labute approximate surface area is 146 Å². The molecule has 0 aliphatic carbocycles. The van der Waals surface area contributed by atoms with Gasteiger partial charge in [0.15, 0.2) is 12.2 Å². The van der Waals surface area contributed by atoms with Gasteiger partial charge in [0.25, 0.3) is 5.91 Å². The molecule has 2 aromatic rings. The van der Waals surface area contributed by atoms with Crippen molar-refractivity contribution >= 4 is 17.6 Å². The van der Waals surface area contributed by atoms with E-state index in [-0.39, 0.29) is 0 Å². The number of hydrogen-bond acceptors (Lipinski definition) is 5. The van der Waals surface area contributed by atoms with Gasteiger partial charge in [-0.15, -0.1) is 0 Å². The molecule has 2 aromatic carbocycles. The molecule has 0 saturated carbocycles. The number of carbonyl (C=O) groups is 2.